The Morgan fingerprint density at radius 3 is 2.48 bits per heavy atom. The van der Waals surface area contributed by atoms with Crippen LogP contribution in [0, 0.1) is 0 Å². The van der Waals surface area contributed by atoms with Crippen molar-refractivity contribution in [2.24, 2.45) is 0 Å². The molecular weight excluding hydrogens is 431 g/mol. The van der Waals surface area contributed by atoms with Crippen molar-refractivity contribution in [2.75, 3.05) is 26.2 Å². The number of halogens is 2. The van der Waals surface area contributed by atoms with Crippen LogP contribution in [0.4, 0.5) is 0 Å². The fourth-order valence-electron chi connectivity index (χ4n) is 3.42. The van der Waals surface area contributed by atoms with Crippen molar-refractivity contribution in [2.45, 2.75) is 22.6 Å². The summed E-state index contributed by atoms with van der Waals surface area (Å²) in [5, 5.41) is 1.05. The van der Waals surface area contributed by atoms with E-state index in [0.717, 1.165) is 19.6 Å². The van der Waals surface area contributed by atoms with Crippen molar-refractivity contribution >= 4 is 44.7 Å². The van der Waals surface area contributed by atoms with E-state index in [1.165, 1.54) is 12.8 Å². The summed E-state index contributed by atoms with van der Waals surface area (Å²) in [4.78, 5) is 7.04. The van der Waals surface area contributed by atoms with Gasteiger partial charge in [0.15, 0.2) is 0 Å². The van der Waals surface area contributed by atoms with Gasteiger partial charge in [0.2, 0.25) is 15.7 Å². The molecule has 0 saturated carbocycles. The summed E-state index contributed by atoms with van der Waals surface area (Å²) in [5.74, 6) is 0.123. The van der Waals surface area contributed by atoms with Crippen LogP contribution in [0.2, 0.25) is 5.02 Å². The minimum Gasteiger partial charge on any atom is -0.475 e. The summed E-state index contributed by atoms with van der Waals surface area (Å²) in [6.07, 6.45) is 2.39. The molecule has 4 rings (SSSR count). The standard InChI is InChI=1S/C21H21ClN2O3S.ClH/c22-18-9-6-10-19-17(18)15-20(28(25,26)16-7-2-1-3-8-16)21(23-19)27-14-13-24-11-4-5-12-24;/h1-3,6-10,15H,4-5,11-14H2;1H. The number of hydrogen-bond donors (Lipinski definition) is 0. The van der Waals surface area contributed by atoms with Gasteiger partial charge in [-0.05, 0) is 56.3 Å². The van der Waals surface area contributed by atoms with Crippen LogP contribution in [0.1, 0.15) is 12.8 Å². The van der Waals surface area contributed by atoms with Crippen molar-refractivity contribution in [3.63, 3.8) is 0 Å². The molecule has 0 amide bonds. The second kappa shape index (κ2) is 9.30. The van der Waals surface area contributed by atoms with Crippen LogP contribution < -0.4 is 4.74 Å². The number of hydrogen-bond acceptors (Lipinski definition) is 5. The third-order valence-electron chi connectivity index (χ3n) is 4.93. The zero-order valence-electron chi connectivity index (χ0n) is 15.8. The lowest BCUT2D eigenvalue weighted by Gasteiger charge is -2.17. The molecule has 1 saturated heterocycles. The van der Waals surface area contributed by atoms with Crippen molar-refractivity contribution in [3.8, 4) is 5.88 Å². The molecule has 1 aliphatic rings. The Hall–Kier alpha value is -1.86. The highest BCUT2D eigenvalue weighted by molar-refractivity contribution is 7.91. The lowest BCUT2D eigenvalue weighted by Crippen LogP contribution is -2.25. The Kier molecular flexibility index (Phi) is 7.01. The van der Waals surface area contributed by atoms with Crippen LogP contribution in [0.15, 0.2) is 64.4 Å². The SMILES string of the molecule is Cl.O=S(=O)(c1ccccc1)c1cc2c(Cl)cccc2nc1OCCN1CCCC1. The minimum atomic E-state index is -3.79. The molecule has 0 spiro atoms. The molecule has 154 valence electrons. The van der Waals surface area contributed by atoms with Crippen LogP contribution >= 0.6 is 24.0 Å². The summed E-state index contributed by atoms with van der Waals surface area (Å²) in [7, 11) is -3.79. The number of benzene rings is 2. The second-order valence-electron chi connectivity index (χ2n) is 6.81. The first-order valence-electron chi connectivity index (χ1n) is 9.30. The molecule has 1 fully saturated rings. The Bertz CT molecular complexity index is 1090. The molecule has 0 unspecified atom stereocenters. The largest absolute Gasteiger partial charge is 0.475 e. The molecule has 5 nitrogen and oxygen atoms in total. The van der Waals surface area contributed by atoms with Gasteiger partial charge in [-0.2, -0.15) is 0 Å². The Morgan fingerprint density at radius 2 is 1.76 bits per heavy atom. The Balaban J connectivity index is 0.00000240. The third kappa shape index (κ3) is 4.67. The molecule has 1 aromatic heterocycles. The van der Waals surface area contributed by atoms with Crippen molar-refractivity contribution in [3.05, 3.63) is 59.6 Å². The lowest BCUT2D eigenvalue weighted by molar-refractivity contribution is 0.228. The summed E-state index contributed by atoms with van der Waals surface area (Å²) >= 11 is 6.29. The molecule has 2 aromatic carbocycles. The maximum Gasteiger partial charge on any atom is 0.233 e. The van der Waals surface area contributed by atoms with Crippen LogP contribution in [-0.2, 0) is 9.84 Å². The highest BCUT2D eigenvalue weighted by Gasteiger charge is 2.25. The normalized spacial score (nSPS) is 14.7. The summed E-state index contributed by atoms with van der Waals surface area (Å²) in [6.45, 7) is 3.25. The van der Waals surface area contributed by atoms with Gasteiger partial charge in [-0.3, -0.25) is 4.90 Å². The van der Waals surface area contributed by atoms with E-state index in [-0.39, 0.29) is 28.1 Å². The number of ether oxygens (including phenoxy) is 1. The molecule has 0 atom stereocenters. The number of fused-ring (bicyclic) bond motifs is 1. The highest BCUT2D eigenvalue weighted by Crippen LogP contribution is 2.33. The van der Waals surface area contributed by atoms with E-state index in [0.29, 0.717) is 22.5 Å². The van der Waals surface area contributed by atoms with Crippen LogP contribution in [0.5, 0.6) is 5.88 Å². The predicted octanol–water partition coefficient (Wildman–Crippen LogP) is 4.62. The number of sulfone groups is 1. The summed E-state index contributed by atoms with van der Waals surface area (Å²) < 4.78 is 32.4. The summed E-state index contributed by atoms with van der Waals surface area (Å²) in [5.41, 5.74) is 0.607. The zero-order chi connectivity index (χ0) is 19.6. The number of nitrogens with zero attached hydrogens (tertiary/aromatic N) is 2. The van der Waals surface area contributed by atoms with Gasteiger partial charge in [0.25, 0.3) is 0 Å². The zero-order valence-corrected chi connectivity index (χ0v) is 18.1. The monoisotopic (exact) mass is 452 g/mol. The molecule has 0 bridgehead atoms. The van der Waals surface area contributed by atoms with E-state index < -0.39 is 9.84 Å². The van der Waals surface area contributed by atoms with Gasteiger partial charge < -0.3 is 4.74 Å². The maximum atomic E-state index is 13.3. The molecule has 1 aliphatic heterocycles. The van der Waals surface area contributed by atoms with E-state index in [2.05, 4.69) is 9.88 Å². The van der Waals surface area contributed by atoms with Gasteiger partial charge in [0.05, 0.1) is 15.4 Å². The van der Waals surface area contributed by atoms with Crippen LogP contribution in [0.3, 0.4) is 0 Å². The maximum absolute atomic E-state index is 13.3. The van der Waals surface area contributed by atoms with Crippen LogP contribution in [0.25, 0.3) is 10.9 Å². The first kappa shape index (κ1) is 21.8. The first-order valence-corrected chi connectivity index (χ1v) is 11.2. The van der Waals surface area contributed by atoms with Gasteiger partial charge >= 0.3 is 0 Å². The lowest BCUT2D eigenvalue weighted by atomic mass is 10.2. The van der Waals surface area contributed by atoms with Gasteiger partial charge in [-0.15, -0.1) is 12.4 Å². The molecule has 8 heteroatoms. The van der Waals surface area contributed by atoms with E-state index >= 15 is 0 Å². The smallest absolute Gasteiger partial charge is 0.233 e. The Morgan fingerprint density at radius 1 is 1.03 bits per heavy atom. The number of likely N-dealkylation sites (tertiary alicyclic amines) is 1. The molecule has 29 heavy (non-hydrogen) atoms. The van der Waals surface area contributed by atoms with Gasteiger partial charge in [-0.1, -0.05) is 35.9 Å². The molecule has 0 N–H and O–H groups in total. The number of aromatic nitrogens is 1. The average molecular weight is 453 g/mol. The van der Waals surface area contributed by atoms with Crippen molar-refractivity contribution < 1.29 is 13.2 Å². The molecular formula is C21H22Cl2N2O3S. The quantitative estimate of drug-likeness (QED) is 0.545. The third-order valence-corrected chi connectivity index (χ3v) is 7.02. The Labute approximate surface area is 182 Å². The fraction of sp³-hybridized carbons (Fsp3) is 0.286. The number of pyridine rings is 1. The minimum absolute atomic E-state index is 0. The van der Waals surface area contributed by atoms with Gasteiger partial charge in [0, 0.05) is 11.9 Å². The van der Waals surface area contributed by atoms with E-state index in [1.807, 2.05) is 0 Å². The predicted molar refractivity (Wildman–Crippen MR) is 117 cm³/mol. The van der Waals surface area contributed by atoms with Crippen molar-refractivity contribution in [1.29, 1.82) is 0 Å². The van der Waals surface area contributed by atoms with Gasteiger partial charge in [0.1, 0.15) is 11.5 Å². The topological polar surface area (TPSA) is 59.5 Å². The number of rotatable bonds is 6. The molecule has 0 aliphatic carbocycles. The van der Waals surface area contributed by atoms with Gasteiger partial charge in [-0.25, -0.2) is 13.4 Å². The van der Waals surface area contributed by atoms with E-state index in [9.17, 15) is 8.42 Å². The first-order chi connectivity index (χ1) is 13.6. The van der Waals surface area contributed by atoms with E-state index in [4.69, 9.17) is 16.3 Å². The molecule has 2 heterocycles. The fourth-order valence-corrected chi connectivity index (χ4v) is 5.02. The summed E-state index contributed by atoms with van der Waals surface area (Å²) in [6, 6.07) is 15.2. The van der Waals surface area contributed by atoms with Crippen molar-refractivity contribution in [1.82, 2.24) is 9.88 Å². The highest BCUT2D eigenvalue weighted by atomic mass is 35.5. The molecule has 3 aromatic rings. The molecule has 0 radical (unpaired) electrons. The second-order valence-corrected chi connectivity index (χ2v) is 9.14. The average Bonchev–Trinajstić information content (AvgIpc) is 3.22. The van der Waals surface area contributed by atoms with Crippen LogP contribution in [-0.4, -0.2) is 44.5 Å². The van der Waals surface area contributed by atoms with E-state index in [1.54, 1.807) is 54.6 Å².